The maximum Gasteiger partial charge on any atom is 0.246 e. The number of benzene rings is 2. The van der Waals surface area contributed by atoms with Crippen molar-refractivity contribution in [1.82, 2.24) is 14.1 Å². The van der Waals surface area contributed by atoms with E-state index in [0.29, 0.717) is 36.9 Å². The minimum absolute atomic E-state index is 0.257. The quantitative estimate of drug-likeness (QED) is 0.654. The Hall–Kier alpha value is -2.35. The van der Waals surface area contributed by atoms with Crippen molar-refractivity contribution < 1.29 is 8.42 Å². The van der Waals surface area contributed by atoms with Crippen molar-refractivity contribution in [1.29, 1.82) is 0 Å². The van der Waals surface area contributed by atoms with Gasteiger partial charge in [0.05, 0.1) is 17.6 Å². The minimum atomic E-state index is -3.60. The van der Waals surface area contributed by atoms with Crippen molar-refractivity contribution in [2.45, 2.75) is 11.8 Å². The smallest absolute Gasteiger partial charge is 0.246 e. The molecule has 1 aliphatic heterocycles. The van der Waals surface area contributed by atoms with Gasteiger partial charge >= 0.3 is 0 Å². The van der Waals surface area contributed by atoms with Crippen molar-refractivity contribution in [3.63, 3.8) is 0 Å². The summed E-state index contributed by atoms with van der Waals surface area (Å²) in [6.45, 7) is 3.81. The van der Waals surface area contributed by atoms with E-state index < -0.39 is 10.0 Å². The molecule has 0 bridgehead atoms. The zero-order valence-electron chi connectivity index (χ0n) is 15.5. The Morgan fingerprint density at radius 2 is 1.61 bits per heavy atom. The standard InChI is InChI=1S/C20H21ClN4O2S/c1-16-20(15-25(22-16)18-7-3-2-4-8-18)28(26,27)24-12-10-23(11-13-24)19-9-5-6-17(21)14-19/h2-9,14-15H,10-13H2,1H3. The van der Waals surface area contributed by atoms with E-state index in [1.54, 1.807) is 17.8 Å². The lowest BCUT2D eigenvalue weighted by atomic mass is 10.2. The van der Waals surface area contributed by atoms with Gasteiger partial charge in [-0.2, -0.15) is 9.40 Å². The van der Waals surface area contributed by atoms with Crippen molar-refractivity contribution in [2.75, 3.05) is 31.1 Å². The van der Waals surface area contributed by atoms with E-state index in [0.717, 1.165) is 11.4 Å². The Labute approximate surface area is 170 Å². The Morgan fingerprint density at radius 1 is 0.929 bits per heavy atom. The number of anilines is 1. The maximum atomic E-state index is 13.2. The summed E-state index contributed by atoms with van der Waals surface area (Å²) >= 11 is 6.07. The summed E-state index contributed by atoms with van der Waals surface area (Å²) in [7, 11) is -3.60. The first kappa shape index (κ1) is 19.0. The zero-order valence-corrected chi connectivity index (χ0v) is 17.1. The van der Waals surface area contributed by atoms with Crippen LogP contribution in [0.15, 0.2) is 65.7 Å². The highest BCUT2D eigenvalue weighted by atomic mass is 35.5. The van der Waals surface area contributed by atoms with Crippen LogP contribution < -0.4 is 4.90 Å². The number of aryl methyl sites for hydroxylation is 1. The van der Waals surface area contributed by atoms with Gasteiger partial charge in [0, 0.05) is 36.9 Å². The van der Waals surface area contributed by atoms with Gasteiger partial charge in [0.2, 0.25) is 10.0 Å². The molecule has 2 heterocycles. The zero-order chi connectivity index (χ0) is 19.7. The lowest BCUT2D eigenvalue weighted by Gasteiger charge is -2.35. The first-order valence-electron chi connectivity index (χ1n) is 9.07. The monoisotopic (exact) mass is 416 g/mol. The lowest BCUT2D eigenvalue weighted by Crippen LogP contribution is -2.48. The highest BCUT2D eigenvalue weighted by Crippen LogP contribution is 2.25. The summed E-state index contributed by atoms with van der Waals surface area (Å²) in [5.41, 5.74) is 2.34. The fraction of sp³-hybridized carbons (Fsp3) is 0.250. The number of para-hydroxylation sites is 1. The Morgan fingerprint density at radius 3 is 2.29 bits per heavy atom. The Kier molecular flexibility index (Phi) is 5.14. The van der Waals surface area contributed by atoms with Gasteiger partial charge in [-0.05, 0) is 37.3 Å². The van der Waals surface area contributed by atoms with Crippen molar-refractivity contribution in [3.05, 3.63) is 71.5 Å². The molecule has 6 nitrogen and oxygen atoms in total. The van der Waals surface area contributed by atoms with E-state index >= 15 is 0 Å². The third-order valence-electron chi connectivity index (χ3n) is 4.90. The fourth-order valence-corrected chi connectivity index (χ4v) is 5.16. The van der Waals surface area contributed by atoms with Crippen LogP contribution in [0.2, 0.25) is 5.02 Å². The first-order chi connectivity index (χ1) is 13.4. The molecule has 3 aromatic rings. The van der Waals surface area contributed by atoms with Gasteiger partial charge in [0.25, 0.3) is 0 Å². The molecule has 1 saturated heterocycles. The third kappa shape index (κ3) is 3.65. The number of nitrogens with zero attached hydrogens (tertiary/aromatic N) is 4. The number of aromatic nitrogens is 2. The number of sulfonamides is 1. The van der Waals surface area contributed by atoms with Crippen molar-refractivity contribution in [3.8, 4) is 5.69 Å². The lowest BCUT2D eigenvalue weighted by molar-refractivity contribution is 0.384. The van der Waals surface area contributed by atoms with Crippen molar-refractivity contribution in [2.24, 2.45) is 0 Å². The first-order valence-corrected chi connectivity index (χ1v) is 10.9. The molecule has 1 fully saturated rings. The van der Waals surface area contributed by atoms with E-state index in [-0.39, 0.29) is 4.90 Å². The molecular formula is C20H21ClN4O2S. The number of hydrogen-bond donors (Lipinski definition) is 0. The summed E-state index contributed by atoms with van der Waals surface area (Å²) in [5, 5.41) is 5.08. The van der Waals surface area contributed by atoms with Crippen LogP contribution >= 0.6 is 11.6 Å². The second-order valence-corrected chi connectivity index (χ2v) is 9.07. The molecule has 0 N–H and O–H groups in total. The van der Waals surface area contributed by atoms with Crippen LogP contribution in [0.3, 0.4) is 0 Å². The van der Waals surface area contributed by atoms with Crippen LogP contribution in [0.25, 0.3) is 5.69 Å². The van der Waals surface area contributed by atoms with Crippen LogP contribution in [-0.4, -0.2) is 48.7 Å². The summed E-state index contributed by atoms with van der Waals surface area (Å²) in [6.07, 6.45) is 1.60. The second kappa shape index (κ2) is 7.58. The molecule has 0 spiro atoms. The van der Waals surface area contributed by atoms with Crippen LogP contribution in [0.1, 0.15) is 5.69 Å². The van der Waals surface area contributed by atoms with Gasteiger partial charge < -0.3 is 4.90 Å². The van der Waals surface area contributed by atoms with E-state index in [1.165, 1.54) is 4.31 Å². The molecule has 0 amide bonds. The molecule has 28 heavy (non-hydrogen) atoms. The fourth-order valence-electron chi connectivity index (χ4n) is 3.41. The molecular weight excluding hydrogens is 396 g/mol. The molecule has 4 rings (SSSR count). The molecule has 1 aliphatic rings. The van der Waals surface area contributed by atoms with Crippen molar-refractivity contribution >= 4 is 27.3 Å². The molecule has 146 valence electrons. The van der Waals surface area contributed by atoms with Crippen LogP contribution in [0.4, 0.5) is 5.69 Å². The summed E-state index contributed by atoms with van der Waals surface area (Å²) in [5.74, 6) is 0. The molecule has 1 aromatic heterocycles. The number of rotatable bonds is 4. The normalized spacial score (nSPS) is 15.7. The summed E-state index contributed by atoms with van der Waals surface area (Å²) < 4.78 is 29.5. The van der Waals surface area contributed by atoms with Gasteiger partial charge in [-0.25, -0.2) is 13.1 Å². The van der Waals surface area contributed by atoms with E-state index in [2.05, 4.69) is 10.00 Å². The van der Waals surface area contributed by atoms with Crippen LogP contribution in [-0.2, 0) is 10.0 Å². The van der Waals surface area contributed by atoms with E-state index in [1.807, 2.05) is 54.6 Å². The highest BCUT2D eigenvalue weighted by molar-refractivity contribution is 7.89. The summed E-state index contributed by atoms with van der Waals surface area (Å²) in [4.78, 5) is 2.41. The predicted octanol–water partition coefficient (Wildman–Crippen LogP) is 3.35. The number of halogens is 1. The molecule has 8 heteroatoms. The Balaban J connectivity index is 1.53. The largest absolute Gasteiger partial charge is 0.369 e. The molecule has 0 atom stereocenters. The topological polar surface area (TPSA) is 58.4 Å². The maximum absolute atomic E-state index is 13.2. The second-order valence-electron chi connectivity index (χ2n) is 6.73. The molecule has 2 aromatic carbocycles. The average molecular weight is 417 g/mol. The Bertz CT molecular complexity index is 1070. The molecule has 0 unspecified atom stereocenters. The predicted molar refractivity (Wildman–Crippen MR) is 111 cm³/mol. The van der Waals surface area contributed by atoms with E-state index in [4.69, 9.17) is 11.6 Å². The number of piperazine rings is 1. The SMILES string of the molecule is Cc1nn(-c2ccccc2)cc1S(=O)(=O)N1CCN(c2cccc(Cl)c2)CC1. The van der Waals surface area contributed by atoms with Gasteiger partial charge in [-0.15, -0.1) is 0 Å². The van der Waals surface area contributed by atoms with Crippen LogP contribution in [0, 0.1) is 6.92 Å². The van der Waals surface area contributed by atoms with Gasteiger partial charge in [0.1, 0.15) is 4.90 Å². The summed E-state index contributed by atoms with van der Waals surface area (Å²) in [6, 6.07) is 17.1. The minimum Gasteiger partial charge on any atom is -0.369 e. The number of hydrogen-bond acceptors (Lipinski definition) is 4. The molecule has 0 saturated carbocycles. The average Bonchev–Trinajstić information content (AvgIpc) is 3.11. The highest BCUT2D eigenvalue weighted by Gasteiger charge is 2.31. The van der Waals surface area contributed by atoms with Crippen LogP contribution in [0.5, 0.6) is 0 Å². The van der Waals surface area contributed by atoms with Gasteiger partial charge in [0.15, 0.2) is 0 Å². The van der Waals surface area contributed by atoms with E-state index in [9.17, 15) is 8.42 Å². The van der Waals surface area contributed by atoms with Gasteiger partial charge in [-0.1, -0.05) is 35.9 Å². The third-order valence-corrected chi connectivity index (χ3v) is 7.14. The molecule has 0 radical (unpaired) electrons. The molecule has 0 aliphatic carbocycles. The van der Waals surface area contributed by atoms with Gasteiger partial charge in [-0.3, -0.25) is 0 Å².